The molecule has 0 aliphatic rings. The van der Waals surface area contributed by atoms with E-state index in [1.165, 1.54) is 22.3 Å². The molecule has 4 heteroatoms. The van der Waals surface area contributed by atoms with E-state index in [1.807, 2.05) is 24.3 Å². The molecule has 0 radical (unpaired) electrons. The van der Waals surface area contributed by atoms with Crippen LogP contribution in [0.15, 0.2) is 84.9 Å². The highest BCUT2D eigenvalue weighted by molar-refractivity contribution is 7.28. The quantitative estimate of drug-likeness (QED) is 0.230. The van der Waals surface area contributed by atoms with Crippen molar-refractivity contribution in [3.8, 4) is 44.9 Å². The molecule has 2 unspecified atom stereocenters. The molecule has 1 N–H and O–H groups in total. The number of benzene rings is 4. The Morgan fingerprint density at radius 2 is 1.33 bits per heavy atom. The summed E-state index contributed by atoms with van der Waals surface area (Å²) in [4.78, 5) is 0. The first kappa shape index (κ1) is 26.2. The van der Waals surface area contributed by atoms with Gasteiger partial charge in [-0.05, 0) is 69.7 Å². The Balaban J connectivity index is 1.55. The van der Waals surface area contributed by atoms with Crippen molar-refractivity contribution in [1.82, 2.24) is 0 Å². The van der Waals surface area contributed by atoms with E-state index in [4.69, 9.17) is 4.74 Å². The molecular formula is C32H34O2P2. The SMILES string of the molecule is CCC/C=C/c1ccc(-c2ccc(-c3ccc(-c4ccc(OCCC)cc4)cc3)c(P)c2)c(P)c1O. The summed E-state index contributed by atoms with van der Waals surface area (Å²) in [5.41, 5.74) is 7.64. The first-order valence-electron chi connectivity index (χ1n) is 12.5. The first-order chi connectivity index (χ1) is 17.5. The zero-order valence-corrected chi connectivity index (χ0v) is 23.3. The van der Waals surface area contributed by atoms with Crippen LogP contribution in [0.1, 0.15) is 38.7 Å². The second-order valence-corrected chi connectivity index (χ2v) is 10.1. The van der Waals surface area contributed by atoms with Crippen molar-refractivity contribution < 1.29 is 9.84 Å². The lowest BCUT2D eigenvalue weighted by atomic mass is 9.97. The minimum Gasteiger partial charge on any atom is -0.507 e. The van der Waals surface area contributed by atoms with Crippen LogP contribution in [0.2, 0.25) is 0 Å². The Kier molecular flexibility index (Phi) is 8.98. The van der Waals surface area contributed by atoms with Gasteiger partial charge in [-0.2, -0.15) is 0 Å². The maximum absolute atomic E-state index is 10.7. The lowest BCUT2D eigenvalue weighted by molar-refractivity contribution is 0.317. The van der Waals surface area contributed by atoms with E-state index in [9.17, 15) is 5.11 Å². The van der Waals surface area contributed by atoms with Crippen molar-refractivity contribution in [2.45, 2.75) is 33.1 Å². The van der Waals surface area contributed by atoms with Crippen LogP contribution in [-0.2, 0) is 0 Å². The van der Waals surface area contributed by atoms with E-state index < -0.39 is 0 Å². The van der Waals surface area contributed by atoms with Gasteiger partial charge in [-0.3, -0.25) is 0 Å². The van der Waals surface area contributed by atoms with Gasteiger partial charge in [0.1, 0.15) is 11.5 Å². The van der Waals surface area contributed by atoms with Gasteiger partial charge in [-0.1, -0.05) is 93.1 Å². The van der Waals surface area contributed by atoms with Gasteiger partial charge in [-0.25, -0.2) is 0 Å². The zero-order chi connectivity index (χ0) is 25.5. The number of allylic oxidation sites excluding steroid dienone is 1. The van der Waals surface area contributed by atoms with Gasteiger partial charge in [0.05, 0.1) is 6.61 Å². The van der Waals surface area contributed by atoms with Crippen molar-refractivity contribution >= 4 is 35.2 Å². The third-order valence-corrected chi connectivity index (χ3v) is 7.28. The van der Waals surface area contributed by atoms with E-state index in [1.54, 1.807) is 0 Å². The molecule has 0 bridgehead atoms. The number of phenols is 1. The normalized spacial score (nSPS) is 11.2. The lowest BCUT2D eigenvalue weighted by Gasteiger charge is -2.13. The lowest BCUT2D eigenvalue weighted by Crippen LogP contribution is -2.03. The van der Waals surface area contributed by atoms with Gasteiger partial charge >= 0.3 is 0 Å². The largest absolute Gasteiger partial charge is 0.507 e. The van der Waals surface area contributed by atoms with Crippen LogP contribution < -0.4 is 15.3 Å². The van der Waals surface area contributed by atoms with Crippen molar-refractivity contribution in [2.24, 2.45) is 0 Å². The van der Waals surface area contributed by atoms with Crippen molar-refractivity contribution in [3.05, 3.63) is 90.5 Å². The summed E-state index contributed by atoms with van der Waals surface area (Å²) in [5.74, 6) is 1.23. The molecule has 4 aromatic rings. The molecule has 4 aromatic carbocycles. The molecule has 0 amide bonds. The highest BCUT2D eigenvalue weighted by atomic mass is 31.0. The maximum atomic E-state index is 10.7. The minimum absolute atomic E-state index is 0.319. The second-order valence-electron chi connectivity index (χ2n) is 8.91. The van der Waals surface area contributed by atoms with Crippen LogP contribution in [0.4, 0.5) is 0 Å². The number of ether oxygens (including phenoxy) is 1. The fourth-order valence-corrected chi connectivity index (χ4v) is 5.06. The van der Waals surface area contributed by atoms with Gasteiger partial charge in [0.25, 0.3) is 0 Å². The molecule has 2 nitrogen and oxygen atoms in total. The Morgan fingerprint density at radius 3 is 1.97 bits per heavy atom. The summed E-state index contributed by atoms with van der Waals surface area (Å²) < 4.78 is 5.70. The van der Waals surface area contributed by atoms with Gasteiger partial charge in [0.15, 0.2) is 0 Å². The smallest absolute Gasteiger partial charge is 0.130 e. The molecule has 0 aromatic heterocycles. The van der Waals surface area contributed by atoms with Crippen molar-refractivity contribution in [1.29, 1.82) is 0 Å². The predicted octanol–water partition coefficient (Wildman–Crippen LogP) is 8.00. The van der Waals surface area contributed by atoms with Crippen LogP contribution in [0.25, 0.3) is 39.5 Å². The van der Waals surface area contributed by atoms with Crippen molar-refractivity contribution in [3.63, 3.8) is 0 Å². The molecule has 0 saturated carbocycles. The minimum atomic E-state index is 0.319. The van der Waals surface area contributed by atoms with E-state index in [-0.39, 0.29) is 0 Å². The van der Waals surface area contributed by atoms with Crippen LogP contribution in [-0.4, -0.2) is 11.7 Å². The Hall–Kier alpha value is -2.92. The first-order valence-corrected chi connectivity index (χ1v) is 13.7. The number of phenolic OH excluding ortho intramolecular Hbond substituents is 1. The fraction of sp³-hybridized carbons (Fsp3) is 0.188. The summed E-state index contributed by atoms with van der Waals surface area (Å²) in [5, 5.41) is 12.7. The molecule has 4 rings (SSSR count). The van der Waals surface area contributed by atoms with Gasteiger partial charge in [0, 0.05) is 10.9 Å². The third kappa shape index (κ3) is 6.07. The Labute approximate surface area is 219 Å². The number of rotatable bonds is 9. The van der Waals surface area contributed by atoms with Crippen LogP contribution in [0.3, 0.4) is 0 Å². The maximum Gasteiger partial charge on any atom is 0.130 e. The fourth-order valence-electron chi connectivity index (χ4n) is 4.19. The van der Waals surface area contributed by atoms with E-state index in [0.29, 0.717) is 5.75 Å². The summed E-state index contributed by atoms with van der Waals surface area (Å²) in [7, 11) is 5.58. The molecule has 0 aliphatic heterocycles. The number of aromatic hydroxyl groups is 1. The van der Waals surface area contributed by atoms with E-state index >= 15 is 0 Å². The topological polar surface area (TPSA) is 29.5 Å². The third-order valence-electron chi connectivity index (χ3n) is 6.22. The molecular weight excluding hydrogens is 478 g/mol. The Bertz CT molecular complexity index is 1340. The van der Waals surface area contributed by atoms with Gasteiger partial charge in [-0.15, -0.1) is 18.5 Å². The highest BCUT2D eigenvalue weighted by Gasteiger charge is 2.11. The summed E-state index contributed by atoms with van der Waals surface area (Å²) in [6.45, 7) is 5.00. The van der Waals surface area contributed by atoms with E-state index in [2.05, 4.69) is 99.1 Å². The van der Waals surface area contributed by atoms with Gasteiger partial charge < -0.3 is 9.84 Å². The monoisotopic (exact) mass is 512 g/mol. The molecule has 0 fully saturated rings. The molecule has 0 spiro atoms. The zero-order valence-electron chi connectivity index (χ0n) is 21.0. The molecule has 0 aliphatic carbocycles. The highest BCUT2D eigenvalue weighted by Crippen LogP contribution is 2.31. The average molecular weight is 513 g/mol. The molecule has 0 saturated heterocycles. The molecule has 2 atom stereocenters. The number of unbranched alkanes of at least 4 members (excludes halogenated alkanes) is 1. The van der Waals surface area contributed by atoms with Gasteiger partial charge in [0.2, 0.25) is 0 Å². The summed E-state index contributed by atoms with van der Waals surface area (Å²) in [6.07, 6.45) is 7.21. The van der Waals surface area contributed by atoms with Crippen LogP contribution >= 0.6 is 18.5 Å². The molecule has 36 heavy (non-hydrogen) atoms. The summed E-state index contributed by atoms with van der Waals surface area (Å²) in [6, 6.07) is 27.5. The summed E-state index contributed by atoms with van der Waals surface area (Å²) >= 11 is 0. The average Bonchev–Trinajstić information content (AvgIpc) is 2.90. The second kappa shape index (κ2) is 12.4. The van der Waals surface area contributed by atoms with Crippen LogP contribution in [0.5, 0.6) is 11.5 Å². The predicted molar refractivity (Wildman–Crippen MR) is 163 cm³/mol. The molecule has 184 valence electrons. The number of hydrogen-bond acceptors (Lipinski definition) is 2. The Morgan fingerprint density at radius 1 is 0.722 bits per heavy atom. The van der Waals surface area contributed by atoms with E-state index in [0.717, 1.165) is 58.9 Å². The standard InChI is InChI=1S/C32H34O2P2/c1-3-5-6-7-25-14-19-29(32(36)31(25)33)26-15-18-28(30(35)21-26)24-10-8-22(9-11-24)23-12-16-27(17-13-23)34-20-4-2/h6-19,21,33H,3-5,20,35-36H2,1-2H3/b7-6+. The van der Waals surface area contributed by atoms with Crippen LogP contribution in [0, 0.1) is 0 Å². The molecule has 0 heterocycles. The van der Waals surface area contributed by atoms with Crippen molar-refractivity contribution in [2.75, 3.05) is 6.61 Å². The number of hydrogen-bond donors (Lipinski definition) is 1.